The third-order valence-electron chi connectivity index (χ3n) is 2.95. The monoisotopic (exact) mass is 257 g/mol. The highest BCUT2D eigenvalue weighted by molar-refractivity contribution is 6.07. The number of rotatable bonds is 4. The van der Waals surface area contributed by atoms with Gasteiger partial charge in [0.05, 0.1) is 0 Å². The quantitative estimate of drug-likeness (QED) is 0.657. The zero-order chi connectivity index (χ0) is 13.7. The lowest BCUT2D eigenvalue weighted by Gasteiger charge is -2.08. The molecule has 2 nitrogen and oxygen atoms in total. The van der Waals surface area contributed by atoms with Gasteiger partial charge in [-0.25, -0.2) is 4.39 Å². The highest BCUT2D eigenvalue weighted by Gasteiger charge is 2.11. The molecule has 0 aliphatic heterocycles. The number of fused-ring (bicyclic) bond motifs is 1. The summed E-state index contributed by atoms with van der Waals surface area (Å²) in [6.07, 6.45) is 4.73. The van der Waals surface area contributed by atoms with Crippen LogP contribution in [0.25, 0.3) is 10.8 Å². The van der Waals surface area contributed by atoms with E-state index in [2.05, 4.69) is 5.32 Å². The van der Waals surface area contributed by atoms with Crippen LogP contribution in [-0.4, -0.2) is 12.5 Å². The molecule has 0 saturated carbocycles. The molecule has 19 heavy (non-hydrogen) atoms. The maximum atomic E-state index is 13.6. The van der Waals surface area contributed by atoms with Gasteiger partial charge in [-0.05, 0) is 30.9 Å². The van der Waals surface area contributed by atoms with Crippen LogP contribution < -0.4 is 5.32 Å². The van der Waals surface area contributed by atoms with Gasteiger partial charge in [0.2, 0.25) is 0 Å². The number of nitrogens with one attached hydrogen (secondary N) is 1. The molecule has 2 aromatic carbocycles. The topological polar surface area (TPSA) is 29.1 Å². The van der Waals surface area contributed by atoms with E-state index >= 15 is 0 Å². The standard InChI is InChI=1S/C16H16FNO/c1-2-3-6-11-18-16(19)14-9-10-15(17)13-8-5-4-7-12(13)14/h2-5,7-10H,6,11H2,1H3,(H,18,19)/b3-2+. The number of allylic oxidation sites excluding steroid dienone is 1. The van der Waals surface area contributed by atoms with E-state index in [4.69, 9.17) is 0 Å². The van der Waals surface area contributed by atoms with Gasteiger partial charge in [-0.1, -0.05) is 36.4 Å². The van der Waals surface area contributed by atoms with E-state index in [0.29, 0.717) is 22.9 Å². The number of carbonyl (C=O) groups is 1. The van der Waals surface area contributed by atoms with Crippen LogP contribution in [0.2, 0.25) is 0 Å². The van der Waals surface area contributed by atoms with Crippen LogP contribution in [0.15, 0.2) is 48.6 Å². The Kier molecular flexibility index (Phi) is 4.29. The molecule has 1 amide bonds. The highest BCUT2D eigenvalue weighted by Crippen LogP contribution is 2.21. The van der Waals surface area contributed by atoms with E-state index in [1.807, 2.05) is 19.1 Å². The Morgan fingerprint density at radius 3 is 2.68 bits per heavy atom. The molecule has 98 valence electrons. The van der Waals surface area contributed by atoms with Gasteiger partial charge in [0.25, 0.3) is 5.91 Å². The summed E-state index contributed by atoms with van der Waals surface area (Å²) >= 11 is 0. The third kappa shape index (κ3) is 2.99. The Morgan fingerprint density at radius 1 is 1.21 bits per heavy atom. The molecular formula is C16H16FNO. The Morgan fingerprint density at radius 2 is 1.95 bits per heavy atom. The summed E-state index contributed by atoms with van der Waals surface area (Å²) in [5.41, 5.74) is 0.512. The lowest BCUT2D eigenvalue weighted by atomic mass is 10.0. The Bertz CT molecular complexity index is 619. The van der Waals surface area contributed by atoms with Crippen LogP contribution in [0.1, 0.15) is 23.7 Å². The lowest BCUT2D eigenvalue weighted by Crippen LogP contribution is -2.24. The minimum atomic E-state index is -0.305. The Hall–Kier alpha value is -2.16. The van der Waals surface area contributed by atoms with Crippen molar-refractivity contribution in [2.24, 2.45) is 0 Å². The van der Waals surface area contributed by atoms with Crippen LogP contribution >= 0.6 is 0 Å². The number of hydrogen-bond donors (Lipinski definition) is 1. The van der Waals surface area contributed by atoms with Crippen molar-refractivity contribution >= 4 is 16.7 Å². The second kappa shape index (κ2) is 6.14. The summed E-state index contributed by atoms with van der Waals surface area (Å²) in [4.78, 5) is 12.1. The average Bonchev–Trinajstić information content (AvgIpc) is 2.44. The van der Waals surface area contributed by atoms with Crippen molar-refractivity contribution in [2.75, 3.05) is 6.54 Å². The molecule has 0 radical (unpaired) electrons. The van der Waals surface area contributed by atoms with E-state index in [0.717, 1.165) is 6.42 Å². The highest BCUT2D eigenvalue weighted by atomic mass is 19.1. The number of amides is 1. The number of carbonyl (C=O) groups excluding carboxylic acids is 1. The molecule has 0 aromatic heterocycles. The first-order chi connectivity index (χ1) is 9.24. The van der Waals surface area contributed by atoms with Crippen LogP contribution in [0.3, 0.4) is 0 Å². The van der Waals surface area contributed by atoms with Gasteiger partial charge in [-0.3, -0.25) is 4.79 Å². The molecule has 2 aromatic rings. The van der Waals surface area contributed by atoms with Crippen molar-refractivity contribution < 1.29 is 9.18 Å². The van der Waals surface area contributed by atoms with Crippen molar-refractivity contribution in [2.45, 2.75) is 13.3 Å². The van der Waals surface area contributed by atoms with Gasteiger partial charge < -0.3 is 5.32 Å². The summed E-state index contributed by atoms with van der Waals surface area (Å²) in [5.74, 6) is -0.471. The van der Waals surface area contributed by atoms with Crippen molar-refractivity contribution in [3.63, 3.8) is 0 Å². The smallest absolute Gasteiger partial charge is 0.251 e. The summed E-state index contributed by atoms with van der Waals surface area (Å²) in [5, 5.41) is 3.95. The fourth-order valence-corrected chi connectivity index (χ4v) is 1.99. The number of benzene rings is 2. The predicted octanol–water partition coefficient (Wildman–Crippen LogP) is 3.67. The molecule has 0 bridgehead atoms. The molecule has 0 aliphatic carbocycles. The number of hydrogen-bond acceptors (Lipinski definition) is 1. The Balaban J connectivity index is 2.25. The van der Waals surface area contributed by atoms with Gasteiger partial charge in [-0.15, -0.1) is 0 Å². The second-order valence-corrected chi connectivity index (χ2v) is 4.25. The first-order valence-corrected chi connectivity index (χ1v) is 6.30. The van der Waals surface area contributed by atoms with Crippen LogP contribution in [0, 0.1) is 5.82 Å². The largest absolute Gasteiger partial charge is 0.352 e. The zero-order valence-electron chi connectivity index (χ0n) is 10.8. The lowest BCUT2D eigenvalue weighted by molar-refractivity contribution is 0.0956. The molecule has 0 fully saturated rings. The SMILES string of the molecule is C/C=C/CCNC(=O)c1ccc(F)c2ccccc12. The van der Waals surface area contributed by atoms with Crippen LogP contribution in [0.4, 0.5) is 4.39 Å². The van der Waals surface area contributed by atoms with E-state index < -0.39 is 0 Å². The van der Waals surface area contributed by atoms with E-state index in [1.165, 1.54) is 12.1 Å². The first-order valence-electron chi connectivity index (χ1n) is 6.30. The van der Waals surface area contributed by atoms with Gasteiger partial charge in [0.1, 0.15) is 5.82 Å². The first kappa shape index (κ1) is 13.3. The molecule has 0 unspecified atom stereocenters. The normalized spacial score (nSPS) is 11.1. The summed E-state index contributed by atoms with van der Waals surface area (Å²) in [6, 6.07) is 9.88. The second-order valence-electron chi connectivity index (χ2n) is 4.25. The summed E-state index contributed by atoms with van der Waals surface area (Å²) < 4.78 is 13.6. The van der Waals surface area contributed by atoms with Crippen LogP contribution in [-0.2, 0) is 0 Å². The molecule has 0 spiro atoms. The molecule has 3 heteroatoms. The van der Waals surface area contributed by atoms with Crippen molar-refractivity contribution in [3.05, 3.63) is 59.9 Å². The molecule has 0 aliphatic rings. The molecule has 0 heterocycles. The summed E-state index contributed by atoms with van der Waals surface area (Å²) in [7, 11) is 0. The molecule has 0 atom stereocenters. The maximum Gasteiger partial charge on any atom is 0.251 e. The van der Waals surface area contributed by atoms with Gasteiger partial charge in [0.15, 0.2) is 0 Å². The fourth-order valence-electron chi connectivity index (χ4n) is 1.99. The maximum absolute atomic E-state index is 13.6. The van der Waals surface area contributed by atoms with Crippen molar-refractivity contribution in [1.29, 1.82) is 0 Å². The van der Waals surface area contributed by atoms with Gasteiger partial charge in [0, 0.05) is 17.5 Å². The predicted molar refractivity (Wildman–Crippen MR) is 75.7 cm³/mol. The molecule has 2 rings (SSSR count). The van der Waals surface area contributed by atoms with Crippen molar-refractivity contribution in [1.82, 2.24) is 5.32 Å². The summed E-state index contributed by atoms with van der Waals surface area (Å²) in [6.45, 7) is 2.52. The molecule has 0 saturated heterocycles. The van der Waals surface area contributed by atoms with Crippen molar-refractivity contribution in [3.8, 4) is 0 Å². The molecular weight excluding hydrogens is 241 g/mol. The minimum absolute atomic E-state index is 0.166. The van der Waals surface area contributed by atoms with E-state index in [-0.39, 0.29) is 11.7 Å². The van der Waals surface area contributed by atoms with Gasteiger partial charge >= 0.3 is 0 Å². The van der Waals surface area contributed by atoms with E-state index in [1.54, 1.807) is 24.3 Å². The van der Waals surface area contributed by atoms with Crippen LogP contribution in [0.5, 0.6) is 0 Å². The number of halogens is 1. The zero-order valence-corrected chi connectivity index (χ0v) is 10.8. The van der Waals surface area contributed by atoms with Gasteiger partial charge in [-0.2, -0.15) is 0 Å². The average molecular weight is 257 g/mol. The minimum Gasteiger partial charge on any atom is -0.352 e. The molecule has 1 N–H and O–H groups in total. The van der Waals surface area contributed by atoms with E-state index in [9.17, 15) is 9.18 Å². The third-order valence-corrected chi connectivity index (χ3v) is 2.95. The fraction of sp³-hybridized carbons (Fsp3) is 0.188. The Labute approximate surface area is 111 Å².